The summed E-state index contributed by atoms with van der Waals surface area (Å²) in [6.07, 6.45) is 0.990. The summed E-state index contributed by atoms with van der Waals surface area (Å²) < 4.78 is 31.0. The van der Waals surface area contributed by atoms with Crippen molar-refractivity contribution in [3.8, 4) is 5.75 Å². The number of sulfonamides is 1. The molecule has 0 saturated carbocycles. The van der Waals surface area contributed by atoms with Crippen molar-refractivity contribution in [2.45, 2.75) is 13.0 Å². The van der Waals surface area contributed by atoms with E-state index in [4.69, 9.17) is 39.5 Å². The van der Waals surface area contributed by atoms with Crippen LogP contribution in [0.2, 0.25) is 15.1 Å². The molecule has 146 valence electrons. The molecule has 2 rings (SSSR count). The summed E-state index contributed by atoms with van der Waals surface area (Å²) in [6.45, 7) is 1.44. The summed E-state index contributed by atoms with van der Waals surface area (Å²) >= 11 is 18.0. The van der Waals surface area contributed by atoms with Gasteiger partial charge in [0.05, 0.1) is 29.8 Å². The molecule has 0 radical (unpaired) electrons. The zero-order valence-corrected chi connectivity index (χ0v) is 17.7. The van der Waals surface area contributed by atoms with E-state index in [1.54, 1.807) is 12.1 Å². The Balaban J connectivity index is 2.44. The highest BCUT2D eigenvalue weighted by atomic mass is 35.5. The predicted molar refractivity (Wildman–Crippen MR) is 110 cm³/mol. The third kappa shape index (κ3) is 5.19. The molecule has 2 aromatic rings. The number of rotatable bonds is 6. The molecule has 0 aliphatic heterocycles. The second-order valence-electron chi connectivity index (χ2n) is 5.66. The summed E-state index contributed by atoms with van der Waals surface area (Å²) in [4.78, 5) is 12.7. The fourth-order valence-electron chi connectivity index (χ4n) is 2.45. The maximum absolute atomic E-state index is 12.7. The Morgan fingerprint density at radius 1 is 1.11 bits per heavy atom. The Hall–Kier alpha value is -1.67. The quantitative estimate of drug-likeness (QED) is 0.704. The van der Waals surface area contributed by atoms with Gasteiger partial charge < -0.3 is 10.1 Å². The largest absolute Gasteiger partial charge is 0.495 e. The first-order valence-electron chi connectivity index (χ1n) is 7.63. The first kappa shape index (κ1) is 21.6. The minimum atomic E-state index is -3.85. The van der Waals surface area contributed by atoms with E-state index in [0.29, 0.717) is 10.0 Å². The zero-order chi connectivity index (χ0) is 20.4. The molecule has 0 aliphatic carbocycles. The first-order valence-corrected chi connectivity index (χ1v) is 10.6. The summed E-state index contributed by atoms with van der Waals surface area (Å²) in [5.74, 6) is -0.350. The molecule has 0 fully saturated rings. The molecule has 27 heavy (non-hydrogen) atoms. The summed E-state index contributed by atoms with van der Waals surface area (Å²) in [7, 11) is -2.45. The number of nitrogens with zero attached hydrogens (tertiary/aromatic N) is 1. The molecule has 0 bridgehead atoms. The van der Waals surface area contributed by atoms with Gasteiger partial charge in [0.15, 0.2) is 0 Å². The summed E-state index contributed by atoms with van der Waals surface area (Å²) in [5, 5.41) is 3.53. The number of benzene rings is 2. The topological polar surface area (TPSA) is 75.7 Å². The highest BCUT2D eigenvalue weighted by Gasteiger charge is 2.31. The lowest BCUT2D eigenvalue weighted by molar-refractivity contribution is -0.116. The van der Waals surface area contributed by atoms with Gasteiger partial charge in [0, 0.05) is 10.0 Å². The minimum absolute atomic E-state index is 0.146. The van der Waals surface area contributed by atoms with E-state index in [1.165, 1.54) is 38.3 Å². The number of carbonyl (C=O) groups excluding carboxylic acids is 1. The average molecular weight is 452 g/mol. The smallest absolute Gasteiger partial charge is 0.248 e. The number of methoxy groups -OCH3 is 1. The molecule has 2 aromatic carbocycles. The summed E-state index contributed by atoms with van der Waals surface area (Å²) in [5.41, 5.74) is 0.417. The van der Waals surface area contributed by atoms with E-state index in [-0.39, 0.29) is 22.1 Å². The van der Waals surface area contributed by atoms with Gasteiger partial charge >= 0.3 is 0 Å². The lowest BCUT2D eigenvalue weighted by Crippen LogP contribution is -2.45. The van der Waals surface area contributed by atoms with Gasteiger partial charge in [-0.1, -0.05) is 34.8 Å². The van der Waals surface area contributed by atoms with E-state index in [1.807, 2.05) is 0 Å². The van der Waals surface area contributed by atoms with Crippen LogP contribution in [0.1, 0.15) is 6.92 Å². The van der Waals surface area contributed by atoms with E-state index >= 15 is 0 Å². The maximum atomic E-state index is 12.7. The number of nitrogens with one attached hydrogen (secondary N) is 1. The average Bonchev–Trinajstić information content (AvgIpc) is 2.57. The fourth-order valence-corrected chi connectivity index (χ4v) is 4.12. The van der Waals surface area contributed by atoms with Gasteiger partial charge in [-0.05, 0) is 43.3 Å². The first-order chi connectivity index (χ1) is 12.5. The van der Waals surface area contributed by atoms with E-state index in [2.05, 4.69) is 5.32 Å². The molecule has 1 atom stereocenters. The number of anilines is 2. The maximum Gasteiger partial charge on any atom is 0.248 e. The van der Waals surface area contributed by atoms with Gasteiger partial charge in [0.1, 0.15) is 11.8 Å². The van der Waals surface area contributed by atoms with Crippen molar-refractivity contribution in [1.29, 1.82) is 0 Å². The lowest BCUT2D eigenvalue weighted by atomic mass is 10.2. The molecule has 0 aliphatic rings. The Morgan fingerprint density at radius 2 is 1.70 bits per heavy atom. The van der Waals surface area contributed by atoms with Gasteiger partial charge in [-0.3, -0.25) is 9.10 Å². The molecule has 1 N–H and O–H groups in total. The van der Waals surface area contributed by atoms with Crippen molar-refractivity contribution in [1.82, 2.24) is 0 Å². The normalized spacial score (nSPS) is 12.4. The third-order valence-electron chi connectivity index (χ3n) is 3.65. The number of hydrogen-bond acceptors (Lipinski definition) is 4. The second-order valence-corrected chi connectivity index (χ2v) is 8.80. The molecule has 0 aromatic heterocycles. The molecule has 0 unspecified atom stereocenters. The van der Waals surface area contributed by atoms with Crippen LogP contribution in [0, 0.1) is 0 Å². The van der Waals surface area contributed by atoms with Crippen LogP contribution in [-0.4, -0.2) is 33.7 Å². The highest BCUT2D eigenvalue weighted by molar-refractivity contribution is 7.92. The van der Waals surface area contributed by atoms with Gasteiger partial charge in [-0.2, -0.15) is 0 Å². The van der Waals surface area contributed by atoms with Crippen LogP contribution in [0.4, 0.5) is 11.4 Å². The molecular weight excluding hydrogens is 435 g/mol. The van der Waals surface area contributed by atoms with Crippen LogP contribution < -0.4 is 14.4 Å². The van der Waals surface area contributed by atoms with Crippen molar-refractivity contribution in [3.05, 3.63) is 51.5 Å². The minimum Gasteiger partial charge on any atom is -0.495 e. The number of halogens is 3. The lowest BCUT2D eigenvalue weighted by Gasteiger charge is -2.29. The van der Waals surface area contributed by atoms with Gasteiger partial charge in [-0.25, -0.2) is 8.42 Å². The van der Waals surface area contributed by atoms with Crippen LogP contribution >= 0.6 is 34.8 Å². The van der Waals surface area contributed by atoms with E-state index < -0.39 is 22.0 Å². The standard InChI is InChI=1S/C17H17Cl3N2O4S/c1-10(17(23)21-14-8-11(18)4-6-13(14)20)22(27(3,24)25)15-9-12(19)5-7-16(15)26-2/h4-10H,1-3H3,(H,21,23)/t10-/m0/s1. The SMILES string of the molecule is COc1ccc(Cl)cc1N([C@@H](C)C(=O)Nc1cc(Cl)ccc1Cl)S(C)(=O)=O. The van der Waals surface area contributed by atoms with E-state index in [0.717, 1.165) is 10.6 Å². The van der Waals surface area contributed by atoms with Crippen LogP contribution in [-0.2, 0) is 14.8 Å². The molecule has 0 saturated heterocycles. The monoisotopic (exact) mass is 450 g/mol. The number of carbonyl (C=O) groups is 1. The zero-order valence-electron chi connectivity index (χ0n) is 14.7. The van der Waals surface area contributed by atoms with Crippen molar-refractivity contribution < 1.29 is 17.9 Å². The molecule has 10 heteroatoms. The molecule has 1 amide bonds. The molecular formula is C17H17Cl3N2O4S. The van der Waals surface area contributed by atoms with Crippen LogP contribution in [0.15, 0.2) is 36.4 Å². The van der Waals surface area contributed by atoms with Crippen LogP contribution in [0.5, 0.6) is 5.75 Å². The third-order valence-corrected chi connectivity index (χ3v) is 5.68. The Labute approximate surface area is 173 Å². The van der Waals surface area contributed by atoms with Crippen molar-refractivity contribution >= 4 is 62.1 Å². The highest BCUT2D eigenvalue weighted by Crippen LogP contribution is 2.34. The molecule has 0 spiro atoms. The Kier molecular flexibility index (Phi) is 6.86. The number of amides is 1. The van der Waals surface area contributed by atoms with Gasteiger partial charge in [0.2, 0.25) is 15.9 Å². The van der Waals surface area contributed by atoms with Gasteiger partial charge in [-0.15, -0.1) is 0 Å². The van der Waals surface area contributed by atoms with Crippen LogP contribution in [0.25, 0.3) is 0 Å². The van der Waals surface area contributed by atoms with Crippen LogP contribution in [0.3, 0.4) is 0 Å². The fraction of sp³-hybridized carbons (Fsp3) is 0.235. The van der Waals surface area contributed by atoms with E-state index in [9.17, 15) is 13.2 Å². The van der Waals surface area contributed by atoms with Gasteiger partial charge in [0.25, 0.3) is 0 Å². The van der Waals surface area contributed by atoms with Crippen molar-refractivity contribution in [2.75, 3.05) is 23.0 Å². The second kappa shape index (κ2) is 8.56. The van der Waals surface area contributed by atoms with Crippen molar-refractivity contribution in [2.24, 2.45) is 0 Å². The predicted octanol–water partition coefficient (Wildman–Crippen LogP) is 4.45. The Bertz CT molecular complexity index is 967. The molecule has 0 heterocycles. The van der Waals surface area contributed by atoms with Crippen molar-refractivity contribution in [3.63, 3.8) is 0 Å². The summed E-state index contributed by atoms with van der Waals surface area (Å²) in [6, 6.07) is 7.94. The molecule has 6 nitrogen and oxygen atoms in total. The number of hydrogen-bond donors (Lipinski definition) is 1. The Morgan fingerprint density at radius 3 is 2.30 bits per heavy atom. The number of ether oxygens (including phenoxy) is 1.